The molecule has 1 fully saturated rings. The van der Waals surface area contributed by atoms with E-state index in [2.05, 4.69) is 13.8 Å². The minimum atomic E-state index is -0.0703. The Bertz CT molecular complexity index is 692. The van der Waals surface area contributed by atoms with E-state index >= 15 is 0 Å². The number of carbonyl (C=O) groups is 2. The standard InChI is InChI=1S/C31H51NO3/c1-3-5-6-7-8-9-10-11-12-13-14-15-16-17-26-35-31(34)29-22-24-32(25-23-29)30(33)28-20-18-27(4-2)19-21-28/h18-21,29H,3-17,22-26H2,1-2H3. The molecular formula is C31H51NO3. The van der Waals surface area contributed by atoms with Crippen LogP contribution in [0.2, 0.25) is 0 Å². The van der Waals surface area contributed by atoms with Gasteiger partial charge in [0.15, 0.2) is 0 Å². The normalized spacial score (nSPS) is 14.3. The molecule has 1 aromatic carbocycles. The zero-order valence-electron chi connectivity index (χ0n) is 22.7. The Hall–Kier alpha value is -1.84. The van der Waals surface area contributed by atoms with E-state index in [1.807, 2.05) is 29.2 Å². The molecule has 0 bridgehead atoms. The number of unbranched alkanes of at least 4 members (excludes halogenated alkanes) is 13. The second-order valence-corrected chi connectivity index (χ2v) is 10.4. The van der Waals surface area contributed by atoms with Gasteiger partial charge in [0.2, 0.25) is 0 Å². The van der Waals surface area contributed by atoms with Gasteiger partial charge in [-0.1, -0.05) is 109 Å². The fourth-order valence-corrected chi connectivity index (χ4v) is 4.97. The first-order valence-corrected chi connectivity index (χ1v) is 14.7. The molecule has 1 aliphatic heterocycles. The van der Waals surface area contributed by atoms with E-state index in [-0.39, 0.29) is 17.8 Å². The molecule has 0 spiro atoms. The van der Waals surface area contributed by atoms with Gasteiger partial charge in [0.05, 0.1) is 12.5 Å². The Morgan fingerprint density at radius 2 is 1.23 bits per heavy atom. The van der Waals surface area contributed by atoms with Gasteiger partial charge in [-0.05, 0) is 43.4 Å². The van der Waals surface area contributed by atoms with Crippen molar-refractivity contribution >= 4 is 11.9 Å². The van der Waals surface area contributed by atoms with Gasteiger partial charge in [0.25, 0.3) is 5.91 Å². The first kappa shape index (κ1) is 29.4. The fraction of sp³-hybridized carbons (Fsp3) is 0.742. The van der Waals surface area contributed by atoms with Gasteiger partial charge < -0.3 is 9.64 Å². The Morgan fingerprint density at radius 3 is 1.71 bits per heavy atom. The van der Waals surface area contributed by atoms with Crippen LogP contribution < -0.4 is 0 Å². The van der Waals surface area contributed by atoms with Crippen molar-refractivity contribution in [1.82, 2.24) is 4.90 Å². The van der Waals surface area contributed by atoms with E-state index in [0.717, 1.165) is 24.8 Å². The smallest absolute Gasteiger partial charge is 0.309 e. The summed E-state index contributed by atoms with van der Waals surface area (Å²) in [4.78, 5) is 27.0. The van der Waals surface area contributed by atoms with Crippen molar-refractivity contribution in [1.29, 1.82) is 0 Å². The summed E-state index contributed by atoms with van der Waals surface area (Å²) in [6.45, 7) is 6.19. The molecule has 4 nitrogen and oxygen atoms in total. The van der Waals surface area contributed by atoms with E-state index in [1.165, 1.54) is 82.6 Å². The molecule has 0 N–H and O–H groups in total. The molecular weight excluding hydrogens is 434 g/mol. The molecule has 198 valence electrons. The number of rotatable bonds is 18. The molecule has 1 amide bonds. The predicted molar refractivity (Wildman–Crippen MR) is 146 cm³/mol. The van der Waals surface area contributed by atoms with Crippen molar-refractivity contribution in [2.24, 2.45) is 5.92 Å². The van der Waals surface area contributed by atoms with Gasteiger partial charge in [0.1, 0.15) is 0 Å². The molecule has 1 saturated heterocycles. The summed E-state index contributed by atoms with van der Waals surface area (Å²) in [6, 6.07) is 7.87. The highest BCUT2D eigenvalue weighted by Crippen LogP contribution is 2.21. The van der Waals surface area contributed by atoms with Crippen molar-refractivity contribution < 1.29 is 14.3 Å². The lowest BCUT2D eigenvalue weighted by atomic mass is 9.96. The summed E-state index contributed by atoms with van der Waals surface area (Å²) in [7, 11) is 0. The zero-order chi connectivity index (χ0) is 25.1. The first-order valence-electron chi connectivity index (χ1n) is 14.7. The topological polar surface area (TPSA) is 46.6 Å². The van der Waals surface area contributed by atoms with Crippen molar-refractivity contribution in [2.75, 3.05) is 19.7 Å². The Morgan fingerprint density at radius 1 is 0.743 bits per heavy atom. The van der Waals surface area contributed by atoms with Crippen molar-refractivity contribution in [3.05, 3.63) is 35.4 Å². The highest BCUT2D eigenvalue weighted by atomic mass is 16.5. The molecule has 0 aliphatic carbocycles. The van der Waals surface area contributed by atoms with Gasteiger partial charge in [-0.25, -0.2) is 0 Å². The molecule has 1 heterocycles. The van der Waals surface area contributed by atoms with E-state index in [4.69, 9.17) is 4.74 Å². The molecule has 4 heteroatoms. The second kappa shape index (κ2) is 18.4. The number of hydrogen-bond donors (Lipinski definition) is 0. The van der Waals surface area contributed by atoms with Crippen LogP contribution in [-0.2, 0) is 16.0 Å². The maximum Gasteiger partial charge on any atom is 0.309 e. The number of hydrogen-bond acceptors (Lipinski definition) is 3. The average Bonchev–Trinajstić information content (AvgIpc) is 2.90. The van der Waals surface area contributed by atoms with Crippen molar-refractivity contribution in [3.8, 4) is 0 Å². The minimum absolute atomic E-state index is 0.0619. The molecule has 35 heavy (non-hydrogen) atoms. The number of aryl methyl sites for hydroxylation is 1. The van der Waals surface area contributed by atoms with Crippen molar-refractivity contribution in [2.45, 2.75) is 123 Å². The Labute approximate surface area is 215 Å². The van der Waals surface area contributed by atoms with Crippen LogP contribution in [0.3, 0.4) is 0 Å². The van der Waals surface area contributed by atoms with Crippen LogP contribution in [0.1, 0.15) is 133 Å². The van der Waals surface area contributed by atoms with Crippen LogP contribution in [0.15, 0.2) is 24.3 Å². The van der Waals surface area contributed by atoms with E-state index < -0.39 is 0 Å². The third-order valence-corrected chi connectivity index (χ3v) is 7.47. The number of likely N-dealkylation sites (tertiary alicyclic amines) is 1. The van der Waals surface area contributed by atoms with E-state index in [0.29, 0.717) is 32.5 Å². The lowest BCUT2D eigenvalue weighted by Crippen LogP contribution is -2.40. The van der Waals surface area contributed by atoms with Gasteiger partial charge >= 0.3 is 5.97 Å². The molecule has 2 rings (SSSR count). The average molecular weight is 486 g/mol. The molecule has 0 saturated carbocycles. The second-order valence-electron chi connectivity index (χ2n) is 10.4. The van der Waals surface area contributed by atoms with Crippen molar-refractivity contribution in [3.63, 3.8) is 0 Å². The lowest BCUT2D eigenvalue weighted by Gasteiger charge is -2.31. The first-order chi connectivity index (χ1) is 17.2. The lowest BCUT2D eigenvalue weighted by molar-refractivity contribution is -0.150. The quantitative estimate of drug-likeness (QED) is 0.156. The summed E-state index contributed by atoms with van der Waals surface area (Å²) in [5, 5.41) is 0. The SMILES string of the molecule is CCCCCCCCCCCCCCCCOC(=O)C1CCN(C(=O)c2ccc(CC)cc2)CC1. The number of nitrogens with zero attached hydrogens (tertiary/aromatic N) is 1. The number of ether oxygens (including phenoxy) is 1. The fourth-order valence-electron chi connectivity index (χ4n) is 4.97. The predicted octanol–water partition coefficient (Wildman–Crippen LogP) is 8.13. The van der Waals surface area contributed by atoms with E-state index in [9.17, 15) is 9.59 Å². The molecule has 0 unspecified atom stereocenters. The number of benzene rings is 1. The third-order valence-electron chi connectivity index (χ3n) is 7.47. The third kappa shape index (κ3) is 12.1. The molecule has 0 aromatic heterocycles. The minimum Gasteiger partial charge on any atom is -0.465 e. The highest BCUT2D eigenvalue weighted by molar-refractivity contribution is 5.94. The van der Waals surface area contributed by atoms with Crippen LogP contribution in [0.25, 0.3) is 0 Å². The van der Waals surface area contributed by atoms with E-state index in [1.54, 1.807) is 0 Å². The Kier molecular flexibility index (Phi) is 15.5. The maximum atomic E-state index is 12.7. The van der Waals surface area contributed by atoms with Crippen LogP contribution in [-0.4, -0.2) is 36.5 Å². The van der Waals surface area contributed by atoms with Crippen LogP contribution >= 0.6 is 0 Å². The van der Waals surface area contributed by atoms with Gasteiger partial charge in [-0.15, -0.1) is 0 Å². The van der Waals surface area contributed by atoms with Gasteiger partial charge in [-0.3, -0.25) is 9.59 Å². The number of carbonyl (C=O) groups excluding carboxylic acids is 2. The zero-order valence-corrected chi connectivity index (χ0v) is 22.7. The summed E-state index contributed by atoms with van der Waals surface area (Å²) in [5.41, 5.74) is 1.97. The van der Waals surface area contributed by atoms with Crippen LogP contribution in [0.4, 0.5) is 0 Å². The maximum absolute atomic E-state index is 12.7. The van der Waals surface area contributed by atoms with Gasteiger partial charge in [-0.2, -0.15) is 0 Å². The number of esters is 1. The Balaban J connectivity index is 1.43. The summed E-state index contributed by atoms with van der Waals surface area (Å²) in [6.07, 6.45) is 21.0. The highest BCUT2D eigenvalue weighted by Gasteiger charge is 2.28. The largest absolute Gasteiger partial charge is 0.465 e. The number of amides is 1. The monoisotopic (exact) mass is 485 g/mol. The summed E-state index contributed by atoms with van der Waals surface area (Å²) in [5.74, 6) is -0.0610. The van der Waals surface area contributed by atoms with Gasteiger partial charge in [0, 0.05) is 18.7 Å². The molecule has 0 radical (unpaired) electrons. The molecule has 1 aromatic rings. The summed E-state index contributed by atoms with van der Waals surface area (Å²) < 4.78 is 5.55. The number of piperidine rings is 1. The van der Waals surface area contributed by atoms with Crippen LogP contribution in [0, 0.1) is 5.92 Å². The molecule has 0 atom stereocenters. The summed E-state index contributed by atoms with van der Waals surface area (Å²) >= 11 is 0. The van der Waals surface area contributed by atoms with Crippen LogP contribution in [0.5, 0.6) is 0 Å². The molecule has 1 aliphatic rings.